The van der Waals surface area contributed by atoms with Crippen LogP contribution < -0.4 is 0 Å². The summed E-state index contributed by atoms with van der Waals surface area (Å²) in [7, 11) is 0. The van der Waals surface area contributed by atoms with Crippen molar-refractivity contribution in [2.24, 2.45) is 4.40 Å². The Morgan fingerprint density at radius 3 is 2.75 bits per heavy atom. The van der Waals surface area contributed by atoms with E-state index in [1.54, 1.807) is 12.2 Å². The van der Waals surface area contributed by atoms with E-state index in [0.717, 1.165) is 0 Å². The fourth-order valence-electron chi connectivity index (χ4n) is 0.785. The molecule has 0 aromatic rings. The van der Waals surface area contributed by atoms with Crippen LogP contribution in [0.2, 0.25) is 0 Å². The van der Waals surface area contributed by atoms with E-state index < -0.39 is 0 Å². The van der Waals surface area contributed by atoms with Gasteiger partial charge in [0.15, 0.2) is 6.29 Å². The molecule has 0 amide bonds. The van der Waals surface area contributed by atoms with Gasteiger partial charge in [0.2, 0.25) is 0 Å². The number of hydrogen-bond donors (Lipinski definition) is 2. The minimum absolute atomic E-state index is 0.176. The summed E-state index contributed by atoms with van der Waals surface area (Å²) in [5, 5.41) is 7.49. The van der Waals surface area contributed by atoms with Crippen molar-refractivity contribution in [3.8, 4) is 0 Å². The first-order valence-corrected chi connectivity index (χ1v) is 4.24. The van der Waals surface area contributed by atoms with E-state index in [2.05, 4.69) is 33.1 Å². The highest BCUT2D eigenvalue weighted by atomic mass is 79.9. The molecular weight excluding hydrogens is 240 g/mol. The summed E-state index contributed by atoms with van der Waals surface area (Å²) in [4.78, 5) is 10.5. The second-order valence-electron chi connectivity index (χ2n) is 2.08. The zero-order valence-corrected chi connectivity index (χ0v) is 8.39. The third-order valence-electron chi connectivity index (χ3n) is 1.39. The van der Waals surface area contributed by atoms with Gasteiger partial charge in [0, 0.05) is 10.1 Å². The van der Waals surface area contributed by atoms with Gasteiger partial charge in [-0.1, -0.05) is 0 Å². The third-order valence-corrected chi connectivity index (χ3v) is 2.25. The second kappa shape index (κ2) is 3.82. The number of aldehydes is 1. The van der Waals surface area contributed by atoms with Crippen LogP contribution in [0.15, 0.2) is 26.6 Å². The largest absolute Gasteiger partial charge is 0.298 e. The van der Waals surface area contributed by atoms with Gasteiger partial charge in [-0.2, -0.15) is 0 Å². The molecule has 0 saturated heterocycles. The lowest BCUT2D eigenvalue weighted by atomic mass is 10.0. The van der Waals surface area contributed by atoms with Crippen LogP contribution in [0.3, 0.4) is 0 Å². The number of hydrogen-bond acceptors (Lipinski definition) is 4. The molecule has 1 aliphatic carbocycles. The Hall–Kier alpha value is -0.680. The molecule has 0 aromatic carbocycles. The van der Waals surface area contributed by atoms with Crippen LogP contribution in [-0.4, -0.2) is 17.7 Å². The molecule has 0 radical (unpaired) electrons. The van der Waals surface area contributed by atoms with Gasteiger partial charge in [-0.05, 0) is 40.9 Å². The Morgan fingerprint density at radius 2 is 2.25 bits per heavy atom. The molecule has 5 heteroatoms. The van der Waals surface area contributed by atoms with Crippen molar-refractivity contribution in [1.82, 2.24) is 0 Å². The minimum Gasteiger partial charge on any atom is -0.298 e. The van der Waals surface area contributed by atoms with Crippen molar-refractivity contribution < 1.29 is 4.79 Å². The van der Waals surface area contributed by atoms with Gasteiger partial charge in [-0.3, -0.25) is 10.2 Å². The minimum atomic E-state index is 0.176. The molecule has 0 saturated carbocycles. The summed E-state index contributed by atoms with van der Waals surface area (Å²) >= 11 is 6.83. The third kappa shape index (κ3) is 1.56. The lowest BCUT2D eigenvalue weighted by Crippen LogP contribution is -2.18. The molecule has 62 valence electrons. The zero-order valence-electron chi connectivity index (χ0n) is 5.91. The highest BCUT2D eigenvalue weighted by molar-refractivity contribution is 9.12. The number of thiol groups is 1. The first-order chi connectivity index (χ1) is 5.70. The lowest BCUT2D eigenvalue weighted by molar-refractivity contribution is -0.104. The van der Waals surface area contributed by atoms with Crippen LogP contribution in [0.25, 0.3) is 0 Å². The maximum absolute atomic E-state index is 10.5. The highest BCUT2D eigenvalue weighted by Crippen LogP contribution is 2.17. The predicted molar refractivity (Wildman–Crippen MR) is 55.3 cm³/mol. The Labute approximate surface area is 83.4 Å². The highest BCUT2D eigenvalue weighted by Gasteiger charge is 2.17. The maximum Gasteiger partial charge on any atom is 0.152 e. The smallest absolute Gasteiger partial charge is 0.152 e. The quantitative estimate of drug-likeness (QED) is 0.412. The Kier molecular flexibility index (Phi) is 2.99. The van der Waals surface area contributed by atoms with Crippen LogP contribution in [0.1, 0.15) is 0 Å². The van der Waals surface area contributed by atoms with E-state index >= 15 is 0 Å². The second-order valence-corrected chi connectivity index (χ2v) is 3.13. The monoisotopic (exact) mass is 244 g/mol. The molecule has 0 bridgehead atoms. The van der Waals surface area contributed by atoms with Gasteiger partial charge in [0.25, 0.3) is 0 Å². The van der Waals surface area contributed by atoms with Gasteiger partial charge in [-0.25, -0.2) is 4.40 Å². The van der Waals surface area contributed by atoms with E-state index in [1.807, 2.05) is 0 Å². The molecule has 0 spiro atoms. The van der Waals surface area contributed by atoms with E-state index in [-0.39, 0.29) is 5.71 Å². The summed E-state index contributed by atoms with van der Waals surface area (Å²) in [6.45, 7) is 0. The zero-order chi connectivity index (χ0) is 9.14. The van der Waals surface area contributed by atoms with Crippen LogP contribution in [0.4, 0.5) is 0 Å². The fourth-order valence-corrected chi connectivity index (χ4v) is 1.32. The number of carbonyl (C=O) groups is 1. The van der Waals surface area contributed by atoms with Gasteiger partial charge in [0.1, 0.15) is 5.71 Å². The average molecular weight is 245 g/mol. The fraction of sp³-hybridized carbons (Fsp3) is 0. The summed E-state index contributed by atoms with van der Waals surface area (Å²) in [5.74, 6) is 0. The van der Waals surface area contributed by atoms with Crippen molar-refractivity contribution in [2.75, 3.05) is 0 Å². The molecular formula is C7H5BrN2OS. The van der Waals surface area contributed by atoms with E-state index in [9.17, 15) is 4.79 Å². The number of allylic oxidation sites excluding steroid dienone is 4. The van der Waals surface area contributed by atoms with Gasteiger partial charge >= 0.3 is 0 Å². The first-order valence-electron chi connectivity index (χ1n) is 3.05. The average Bonchev–Trinajstić information content (AvgIpc) is 2.09. The molecule has 0 unspecified atom stereocenters. The van der Waals surface area contributed by atoms with Crippen molar-refractivity contribution >= 4 is 46.5 Å². The number of rotatable bonds is 1. The number of carbonyl (C=O) groups excluding carboxylic acids is 1. The molecule has 1 rings (SSSR count). The normalized spacial score (nSPS) is 20.5. The van der Waals surface area contributed by atoms with Gasteiger partial charge < -0.3 is 0 Å². The number of nitrogens with one attached hydrogen (secondary N) is 1. The molecule has 0 atom stereocenters. The van der Waals surface area contributed by atoms with E-state index in [4.69, 9.17) is 5.41 Å². The summed E-state index contributed by atoms with van der Waals surface area (Å²) in [5.41, 5.74) is 0.843. The predicted octanol–water partition coefficient (Wildman–Crippen LogP) is 1.71. The summed E-state index contributed by atoms with van der Waals surface area (Å²) in [6, 6.07) is 0. The lowest BCUT2D eigenvalue weighted by Gasteiger charge is -2.09. The Bertz CT molecular complexity index is 330. The number of nitrogens with zero attached hydrogens (tertiary/aromatic N) is 1. The van der Waals surface area contributed by atoms with E-state index in [1.165, 1.54) is 0 Å². The van der Waals surface area contributed by atoms with Gasteiger partial charge in [0.05, 0.1) is 5.71 Å². The molecule has 0 heterocycles. The Balaban J connectivity index is 3.19. The van der Waals surface area contributed by atoms with E-state index in [0.29, 0.717) is 22.1 Å². The molecule has 1 aliphatic rings. The van der Waals surface area contributed by atoms with Crippen LogP contribution in [-0.2, 0) is 4.79 Å². The topological polar surface area (TPSA) is 53.3 Å². The summed E-state index contributed by atoms with van der Waals surface area (Å²) in [6.07, 6.45) is 3.87. The molecule has 0 aromatic heterocycles. The number of halogens is 1. The van der Waals surface area contributed by atoms with Crippen molar-refractivity contribution in [3.63, 3.8) is 0 Å². The van der Waals surface area contributed by atoms with Crippen LogP contribution >= 0.6 is 28.7 Å². The summed E-state index contributed by atoms with van der Waals surface area (Å²) < 4.78 is 4.15. The molecule has 0 aliphatic heterocycles. The van der Waals surface area contributed by atoms with Crippen molar-refractivity contribution in [1.29, 1.82) is 5.41 Å². The molecule has 12 heavy (non-hydrogen) atoms. The maximum atomic E-state index is 10.5. The SMILES string of the molecule is N=C1C(Br)=CC=C(C=O)/C1=N/S. The van der Waals surface area contributed by atoms with Crippen LogP contribution in [0, 0.1) is 5.41 Å². The molecule has 1 N–H and O–H groups in total. The van der Waals surface area contributed by atoms with Crippen molar-refractivity contribution in [3.05, 3.63) is 22.2 Å². The first kappa shape index (κ1) is 9.41. The standard InChI is InChI=1S/C7H5BrN2OS/c8-5-2-1-4(3-11)7(10-12)6(5)9/h1-3,9,12H/b9-6?,10-7-. The van der Waals surface area contributed by atoms with Crippen molar-refractivity contribution in [2.45, 2.75) is 0 Å². The molecule has 0 fully saturated rings. The molecule has 3 nitrogen and oxygen atoms in total. The van der Waals surface area contributed by atoms with Gasteiger partial charge in [-0.15, -0.1) is 0 Å². The Morgan fingerprint density at radius 1 is 1.58 bits per heavy atom. The van der Waals surface area contributed by atoms with Crippen LogP contribution in [0.5, 0.6) is 0 Å².